The molecule has 0 aliphatic rings. The number of aromatic hydroxyl groups is 1. The van der Waals surface area contributed by atoms with Gasteiger partial charge in [-0.25, -0.2) is 0 Å². The van der Waals surface area contributed by atoms with E-state index in [4.69, 9.17) is 11.6 Å². The molecule has 1 N–H and O–H groups in total. The van der Waals surface area contributed by atoms with Gasteiger partial charge in [0.1, 0.15) is 5.75 Å². The average Bonchev–Trinajstić information content (AvgIpc) is 2.51. The van der Waals surface area contributed by atoms with E-state index < -0.39 is 0 Å². The van der Waals surface area contributed by atoms with E-state index in [-0.39, 0.29) is 11.7 Å². The molecular formula is C17H18ClNO2. The van der Waals surface area contributed by atoms with E-state index in [1.807, 2.05) is 30.3 Å². The van der Waals surface area contributed by atoms with E-state index >= 15 is 0 Å². The van der Waals surface area contributed by atoms with Gasteiger partial charge in [-0.3, -0.25) is 4.79 Å². The zero-order chi connectivity index (χ0) is 15.2. The molecular weight excluding hydrogens is 286 g/mol. The van der Waals surface area contributed by atoms with Crippen LogP contribution in [-0.2, 0) is 0 Å². The van der Waals surface area contributed by atoms with Crippen LogP contribution in [0.2, 0.25) is 5.02 Å². The van der Waals surface area contributed by atoms with Gasteiger partial charge in [0.25, 0.3) is 5.91 Å². The number of amides is 1. The summed E-state index contributed by atoms with van der Waals surface area (Å²) in [5, 5.41) is 9.93. The molecule has 0 aromatic heterocycles. The smallest absolute Gasteiger partial charge is 0.259 e. The summed E-state index contributed by atoms with van der Waals surface area (Å²) in [6.45, 7) is 2.69. The van der Waals surface area contributed by atoms with Crippen LogP contribution >= 0.6 is 11.6 Å². The summed E-state index contributed by atoms with van der Waals surface area (Å²) >= 11 is 6.10. The Labute approximate surface area is 129 Å². The maximum absolute atomic E-state index is 12.8. The summed E-state index contributed by atoms with van der Waals surface area (Å²) in [5.74, 6) is -0.165. The first-order chi connectivity index (χ1) is 10.1. The van der Waals surface area contributed by atoms with Gasteiger partial charge >= 0.3 is 0 Å². The summed E-state index contributed by atoms with van der Waals surface area (Å²) in [7, 11) is 0. The van der Waals surface area contributed by atoms with Crippen LogP contribution in [0.3, 0.4) is 0 Å². The summed E-state index contributed by atoms with van der Waals surface area (Å²) < 4.78 is 0. The van der Waals surface area contributed by atoms with Gasteiger partial charge in [0.15, 0.2) is 0 Å². The summed E-state index contributed by atoms with van der Waals surface area (Å²) in [6, 6.07) is 13.9. The van der Waals surface area contributed by atoms with Crippen molar-refractivity contribution >= 4 is 23.2 Å². The number of hydrogen-bond acceptors (Lipinski definition) is 2. The lowest BCUT2D eigenvalue weighted by molar-refractivity contribution is 0.0986. The molecule has 0 unspecified atom stereocenters. The van der Waals surface area contributed by atoms with E-state index in [0.717, 1.165) is 18.5 Å². The molecule has 0 atom stereocenters. The molecule has 2 aromatic carbocycles. The third-order valence-electron chi connectivity index (χ3n) is 3.23. The number of carbonyl (C=O) groups excluding carboxylic acids is 1. The monoisotopic (exact) mass is 303 g/mol. The van der Waals surface area contributed by atoms with Crippen molar-refractivity contribution in [2.24, 2.45) is 0 Å². The molecule has 2 aromatic rings. The van der Waals surface area contributed by atoms with Crippen LogP contribution in [0.15, 0.2) is 48.5 Å². The molecule has 0 heterocycles. The Kier molecular flexibility index (Phi) is 5.23. The molecule has 0 saturated carbocycles. The normalized spacial score (nSPS) is 10.4. The van der Waals surface area contributed by atoms with E-state index in [1.165, 1.54) is 18.2 Å². The summed E-state index contributed by atoms with van der Waals surface area (Å²) in [4.78, 5) is 14.5. The minimum atomic E-state index is -0.199. The van der Waals surface area contributed by atoms with E-state index in [9.17, 15) is 9.90 Å². The van der Waals surface area contributed by atoms with Gasteiger partial charge in [0, 0.05) is 12.2 Å². The lowest BCUT2D eigenvalue weighted by Crippen LogP contribution is -2.32. The van der Waals surface area contributed by atoms with Crippen LogP contribution in [-0.4, -0.2) is 17.6 Å². The predicted molar refractivity (Wildman–Crippen MR) is 86.1 cm³/mol. The predicted octanol–water partition coefficient (Wildman–Crippen LogP) is 4.49. The second-order valence-electron chi connectivity index (χ2n) is 4.81. The molecule has 0 saturated heterocycles. The maximum Gasteiger partial charge on any atom is 0.259 e. The zero-order valence-corrected chi connectivity index (χ0v) is 12.7. The number of unbranched alkanes of at least 4 members (excludes halogenated alkanes) is 1. The largest absolute Gasteiger partial charge is 0.508 e. The quantitative estimate of drug-likeness (QED) is 0.884. The topological polar surface area (TPSA) is 40.5 Å². The Morgan fingerprint density at radius 3 is 2.57 bits per heavy atom. The summed E-state index contributed by atoms with van der Waals surface area (Å²) in [5.41, 5.74) is 1.15. The Morgan fingerprint density at radius 1 is 1.19 bits per heavy atom. The van der Waals surface area contributed by atoms with Gasteiger partial charge in [-0.15, -0.1) is 0 Å². The van der Waals surface area contributed by atoms with Crippen LogP contribution < -0.4 is 4.90 Å². The van der Waals surface area contributed by atoms with Crippen molar-refractivity contribution in [3.05, 3.63) is 59.1 Å². The highest BCUT2D eigenvalue weighted by Crippen LogP contribution is 2.25. The van der Waals surface area contributed by atoms with Crippen LogP contribution in [0.5, 0.6) is 5.75 Å². The molecule has 110 valence electrons. The second kappa shape index (κ2) is 7.14. The number of para-hydroxylation sites is 1. The van der Waals surface area contributed by atoms with Crippen molar-refractivity contribution in [1.29, 1.82) is 0 Å². The van der Waals surface area contributed by atoms with Gasteiger partial charge < -0.3 is 10.0 Å². The lowest BCUT2D eigenvalue weighted by atomic mass is 10.1. The van der Waals surface area contributed by atoms with Gasteiger partial charge in [-0.2, -0.15) is 0 Å². The molecule has 21 heavy (non-hydrogen) atoms. The fourth-order valence-electron chi connectivity index (χ4n) is 2.09. The Hall–Kier alpha value is -2.00. The fraction of sp³-hybridized carbons (Fsp3) is 0.235. The van der Waals surface area contributed by atoms with Crippen molar-refractivity contribution in [1.82, 2.24) is 0 Å². The maximum atomic E-state index is 12.8. The second-order valence-corrected chi connectivity index (χ2v) is 5.22. The third-order valence-corrected chi connectivity index (χ3v) is 3.56. The number of phenolic OH excluding ortho intramolecular Hbond substituents is 1. The number of halogens is 1. The molecule has 0 fully saturated rings. The van der Waals surface area contributed by atoms with E-state index in [0.29, 0.717) is 17.1 Å². The third kappa shape index (κ3) is 3.76. The van der Waals surface area contributed by atoms with Crippen LogP contribution in [0.4, 0.5) is 5.69 Å². The molecule has 1 amide bonds. The lowest BCUT2D eigenvalue weighted by Gasteiger charge is -2.23. The molecule has 4 heteroatoms. The fourth-order valence-corrected chi connectivity index (χ4v) is 2.29. The Balaban J connectivity index is 2.36. The molecule has 0 spiro atoms. The van der Waals surface area contributed by atoms with Gasteiger partial charge in [-0.1, -0.05) is 43.1 Å². The van der Waals surface area contributed by atoms with Crippen molar-refractivity contribution in [2.75, 3.05) is 11.4 Å². The number of benzene rings is 2. The number of anilines is 1. The average molecular weight is 304 g/mol. The zero-order valence-electron chi connectivity index (χ0n) is 11.9. The standard InChI is InChI=1S/C17H18ClNO2/c1-2-3-11-19(13-7-5-4-6-8-13)17(21)15-12-14(20)9-10-16(15)18/h4-10,12,20H,2-3,11H2,1H3. The number of hydrogen-bond donors (Lipinski definition) is 1. The van der Waals surface area contributed by atoms with Crippen LogP contribution in [0.1, 0.15) is 30.1 Å². The number of rotatable bonds is 5. The molecule has 2 rings (SSSR count). The van der Waals surface area contributed by atoms with Crippen molar-refractivity contribution < 1.29 is 9.90 Å². The van der Waals surface area contributed by atoms with Crippen LogP contribution in [0, 0.1) is 0 Å². The number of phenols is 1. The van der Waals surface area contributed by atoms with Gasteiger partial charge in [0.2, 0.25) is 0 Å². The first-order valence-electron chi connectivity index (χ1n) is 6.99. The first kappa shape index (κ1) is 15.4. The summed E-state index contributed by atoms with van der Waals surface area (Å²) in [6.07, 6.45) is 1.89. The van der Waals surface area contributed by atoms with Gasteiger partial charge in [0.05, 0.1) is 10.6 Å². The molecule has 3 nitrogen and oxygen atoms in total. The molecule has 0 aliphatic carbocycles. The van der Waals surface area contributed by atoms with E-state index in [2.05, 4.69) is 6.92 Å². The highest BCUT2D eigenvalue weighted by molar-refractivity contribution is 6.34. The molecule has 0 aliphatic heterocycles. The Bertz CT molecular complexity index is 613. The minimum absolute atomic E-state index is 0.0336. The van der Waals surface area contributed by atoms with Crippen molar-refractivity contribution in [3.8, 4) is 5.75 Å². The Morgan fingerprint density at radius 2 is 1.90 bits per heavy atom. The SMILES string of the molecule is CCCCN(C(=O)c1cc(O)ccc1Cl)c1ccccc1. The van der Waals surface area contributed by atoms with Crippen LogP contribution in [0.25, 0.3) is 0 Å². The highest BCUT2D eigenvalue weighted by atomic mass is 35.5. The first-order valence-corrected chi connectivity index (χ1v) is 7.36. The van der Waals surface area contributed by atoms with Gasteiger partial charge in [-0.05, 0) is 36.8 Å². The molecule has 0 radical (unpaired) electrons. The number of nitrogens with zero attached hydrogens (tertiary/aromatic N) is 1. The van der Waals surface area contributed by atoms with Crippen molar-refractivity contribution in [3.63, 3.8) is 0 Å². The number of carbonyl (C=O) groups is 1. The molecule has 0 bridgehead atoms. The van der Waals surface area contributed by atoms with E-state index in [1.54, 1.807) is 4.90 Å². The minimum Gasteiger partial charge on any atom is -0.508 e. The highest BCUT2D eigenvalue weighted by Gasteiger charge is 2.20. The van der Waals surface area contributed by atoms with Crippen molar-refractivity contribution in [2.45, 2.75) is 19.8 Å².